The van der Waals surface area contributed by atoms with Crippen molar-refractivity contribution >= 4 is 11.8 Å². The molecule has 2 fully saturated rings. The third-order valence-corrected chi connectivity index (χ3v) is 5.48. The molecule has 26 heavy (non-hydrogen) atoms. The van der Waals surface area contributed by atoms with Crippen LogP contribution in [0.4, 0.5) is 8.78 Å². The van der Waals surface area contributed by atoms with Crippen molar-refractivity contribution in [2.45, 2.75) is 44.9 Å². The van der Waals surface area contributed by atoms with Crippen LogP contribution >= 0.6 is 0 Å². The van der Waals surface area contributed by atoms with Gasteiger partial charge in [-0.15, -0.1) is 0 Å². The summed E-state index contributed by atoms with van der Waals surface area (Å²) in [6, 6.07) is 3.71. The van der Waals surface area contributed by atoms with Crippen LogP contribution in [0.5, 0.6) is 0 Å². The van der Waals surface area contributed by atoms with E-state index in [1.165, 1.54) is 12.1 Å². The van der Waals surface area contributed by atoms with Gasteiger partial charge in [-0.25, -0.2) is 8.78 Å². The number of carbonyl (C=O) groups is 2. The predicted octanol–water partition coefficient (Wildman–Crippen LogP) is 3.15. The number of rotatable bonds is 6. The van der Waals surface area contributed by atoms with Crippen molar-refractivity contribution < 1.29 is 18.4 Å². The number of hydrogen-bond acceptors (Lipinski definition) is 2. The molecular formula is C20H26F2N2O2. The molecule has 3 rings (SSSR count). The quantitative estimate of drug-likeness (QED) is 0.778. The van der Waals surface area contributed by atoms with E-state index in [9.17, 15) is 18.4 Å². The van der Waals surface area contributed by atoms with Crippen molar-refractivity contribution in [1.29, 1.82) is 0 Å². The summed E-state index contributed by atoms with van der Waals surface area (Å²) < 4.78 is 26.7. The molecule has 0 radical (unpaired) electrons. The summed E-state index contributed by atoms with van der Waals surface area (Å²) in [6.07, 6.45) is 5.18. The molecule has 0 saturated carbocycles. The van der Waals surface area contributed by atoms with E-state index in [4.69, 9.17) is 0 Å². The molecule has 4 nitrogen and oxygen atoms in total. The number of amides is 2. The standard InChI is InChI=1S/C20H26F2N2O2/c21-17-8-7-16(18(22)13-17)6-5-15-3-1-11-24(14-15)20(26)9-12-23-10-2-4-19(23)25/h7-8,13,15H,1-6,9-12,14H2/t15-/m0/s1. The fourth-order valence-corrected chi connectivity index (χ4v) is 3.94. The third kappa shape index (κ3) is 4.80. The summed E-state index contributed by atoms with van der Waals surface area (Å²) in [5, 5.41) is 0. The van der Waals surface area contributed by atoms with Crippen molar-refractivity contribution in [3.63, 3.8) is 0 Å². The lowest BCUT2D eigenvalue weighted by molar-refractivity contribution is -0.134. The van der Waals surface area contributed by atoms with Gasteiger partial charge < -0.3 is 9.80 Å². The number of halogens is 2. The molecule has 142 valence electrons. The first-order chi connectivity index (χ1) is 12.5. The molecule has 2 aliphatic heterocycles. The van der Waals surface area contributed by atoms with Crippen molar-refractivity contribution in [2.75, 3.05) is 26.2 Å². The number of likely N-dealkylation sites (tertiary alicyclic amines) is 2. The molecular weight excluding hydrogens is 338 g/mol. The van der Waals surface area contributed by atoms with Crippen molar-refractivity contribution in [2.24, 2.45) is 5.92 Å². The summed E-state index contributed by atoms with van der Waals surface area (Å²) in [7, 11) is 0. The monoisotopic (exact) mass is 364 g/mol. The van der Waals surface area contributed by atoms with Gasteiger partial charge in [0.05, 0.1) is 0 Å². The Bertz CT molecular complexity index is 665. The smallest absolute Gasteiger partial charge is 0.224 e. The van der Waals surface area contributed by atoms with Crippen LogP contribution in [0.25, 0.3) is 0 Å². The minimum Gasteiger partial charge on any atom is -0.342 e. The highest BCUT2D eigenvalue weighted by molar-refractivity contribution is 5.80. The Kier molecular flexibility index (Phi) is 6.22. The van der Waals surface area contributed by atoms with E-state index in [0.717, 1.165) is 44.8 Å². The van der Waals surface area contributed by atoms with Crippen molar-refractivity contribution in [1.82, 2.24) is 9.80 Å². The summed E-state index contributed by atoms with van der Waals surface area (Å²) in [5.41, 5.74) is 0.530. The second-order valence-electron chi connectivity index (χ2n) is 7.36. The van der Waals surface area contributed by atoms with Gasteiger partial charge in [-0.1, -0.05) is 6.07 Å². The molecule has 2 amide bonds. The molecule has 2 aliphatic rings. The van der Waals surface area contributed by atoms with Crippen LogP contribution < -0.4 is 0 Å². The second kappa shape index (κ2) is 8.60. The highest BCUT2D eigenvalue weighted by atomic mass is 19.1. The Balaban J connectivity index is 1.45. The van der Waals surface area contributed by atoms with E-state index in [0.29, 0.717) is 43.8 Å². The highest BCUT2D eigenvalue weighted by Gasteiger charge is 2.25. The van der Waals surface area contributed by atoms with Gasteiger partial charge in [0, 0.05) is 45.1 Å². The van der Waals surface area contributed by atoms with Gasteiger partial charge in [0.25, 0.3) is 0 Å². The molecule has 0 aliphatic carbocycles. The van der Waals surface area contributed by atoms with Crippen LogP contribution in [0.2, 0.25) is 0 Å². The minimum atomic E-state index is -0.558. The van der Waals surface area contributed by atoms with Crippen molar-refractivity contribution in [3.8, 4) is 0 Å². The summed E-state index contributed by atoms with van der Waals surface area (Å²) in [4.78, 5) is 27.7. The van der Waals surface area contributed by atoms with E-state index in [1.54, 1.807) is 4.90 Å². The Hall–Kier alpha value is -1.98. The maximum Gasteiger partial charge on any atom is 0.224 e. The number of carbonyl (C=O) groups excluding carboxylic acids is 2. The average molecular weight is 364 g/mol. The van der Waals surface area contributed by atoms with Gasteiger partial charge in [-0.2, -0.15) is 0 Å². The fraction of sp³-hybridized carbons (Fsp3) is 0.600. The van der Waals surface area contributed by atoms with Crippen LogP contribution in [0.1, 0.15) is 44.1 Å². The Morgan fingerprint density at radius 3 is 2.77 bits per heavy atom. The normalized spacial score (nSPS) is 20.7. The van der Waals surface area contributed by atoms with E-state index < -0.39 is 11.6 Å². The van der Waals surface area contributed by atoms with Gasteiger partial charge in [-0.05, 0) is 49.7 Å². The fourth-order valence-electron chi connectivity index (χ4n) is 3.94. The third-order valence-electron chi connectivity index (χ3n) is 5.48. The lowest BCUT2D eigenvalue weighted by Gasteiger charge is -2.33. The summed E-state index contributed by atoms with van der Waals surface area (Å²) in [5.74, 6) is -0.468. The van der Waals surface area contributed by atoms with Gasteiger partial charge in [0.2, 0.25) is 11.8 Å². The Labute approximate surface area is 153 Å². The lowest BCUT2D eigenvalue weighted by Crippen LogP contribution is -2.41. The number of piperidine rings is 1. The molecule has 0 aromatic heterocycles. The molecule has 0 bridgehead atoms. The van der Waals surface area contributed by atoms with Gasteiger partial charge >= 0.3 is 0 Å². The molecule has 2 saturated heterocycles. The Morgan fingerprint density at radius 1 is 1.19 bits per heavy atom. The molecule has 0 unspecified atom stereocenters. The minimum absolute atomic E-state index is 0.0994. The molecule has 6 heteroatoms. The highest BCUT2D eigenvalue weighted by Crippen LogP contribution is 2.23. The van der Waals surface area contributed by atoms with E-state index >= 15 is 0 Å². The average Bonchev–Trinajstić information content (AvgIpc) is 3.04. The van der Waals surface area contributed by atoms with Crippen LogP contribution in [-0.4, -0.2) is 47.8 Å². The van der Waals surface area contributed by atoms with Crippen LogP contribution in [0, 0.1) is 17.6 Å². The number of nitrogens with zero attached hydrogens (tertiary/aromatic N) is 2. The molecule has 0 spiro atoms. The van der Waals surface area contributed by atoms with Gasteiger partial charge in [0.15, 0.2) is 0 Å². The SMILES string of the molecule is O=C1CCCN1CCC(=O)N1CCC[C@@H](CCc2ccc(F)cc2F)C1. The topological polar surface area (TPSA) is 40.6 Å². The molecule has 1 aromatic carbocycles. The number of aryl methyl sites for hydroxylation is 1. The maximum atomic E-state index is 13.8. The van der Waals surface area contributed by atoms with E-state index in [-0.39, 0.29) is 11.8 Å². The molecule has 0 N–H and O–H groups in total. The predicted molar refractivity (Wildman–Crippen MR) is 94.4 cm³/mol. The van der Waals surface area contributed by atoms with Crippen LogP contribution in [-0.2, 0) is 16.0 Å². The maximum absolute atomic E-state index is 13.8. The molecule has 1 aromatic rings. The first-order valence-electron chi connectivity index (χ1n) is 9.52. The Morgan fingerprint density at radius 2 is 2.04 bits per heavy atom. The second-order valence-corrected chi connectivity index (χ2v) is 7.36. The lowest BCUT2D eigenvalue weighted by atomic mass is 9.91. The molecule has 2 heterocycles. The van der Waals surface area contributed by atoms with Crippen molar-refractivity contribution in [3.05, 3.63) is 35.4 Å². The largest absolute Gasteiger partial charge is 0.342 e. The van der Waals surface area contributed by atoms with E-state index in [2.05, 4.69) is 0 Å². The summed E-state index contributed by atoms with van der Waals surface area (Å²) in [6.45, 7) is 2.72. The van der Waals surface area contributed by atoms with Gasteiger partial charge in [-0.3, -0.25) is 9.59 Å². The number of benzene rings is 1. The zero-order valence-corrected chi connectivity index (χ0v) is 15.1. The van der Waals surface area contributed by atoms with Gasteiger partial charge in [0.1, 0.15) is 11.6 Å². The van der Waals surface area contributed by atoms with E-state index in [1.807, 2.05) is 4.90 Å². The first kappa shape index (κ1) is 18.8. The summed E-state index contributed by atoms with van der Waals surface area (Å²) >= 11 is 0. The first-order valence-corrected chi connectivity index (χ1v) is 9.52. The van der Waals surface area contributed by atoms with Crippen LogP contribution in [0.15, 0.2) is 18.2 Å². The number of hydrogen-bond donors (Lipinski definition) is 0. The zero-order valence-electron chi connectivity index (χ0n) is 15.1. The van der Waals surface area contributed by atoms with Crippen LogP contribution in [0.3, 0.4) is 0 Å². The zero-order chi connectivity index (χ0) is 18.5. The molecule has 1 atom stereocenters.